The van der Waals surface area contributed by atoms with E-state index in [1.165, 1.54) is 0 Å². The summed E-state index contributed by atoms with van der Waals surface area (Å²) in [5.41, 5.74) is 0. The maximum absolute atomic E-state index is 9.44. The molecule has 0 saturated carbocycles. The second kappa shape index (κ2) is 5.22. The Labute approximate surface area is 106 Å². The van der Waals surface area contributed by atoms with E-state index in [0.717, 1.165) is 0 Å². The van der Waals surface area contributed by atoms with Crippen molar-refractivity contribution in [2.75, 3.05) is 6.61 Å². The molecule has 0 radical (unpaired) electrons. The van der Waals surface area contributed by atoms with E-state index in [9.17, 15) is 10.2 Å². The highest BCUT2D eigenvalue weighted by atomic mass is 35.6. The lowest BCUT2D eigenvalue weighted by Crippen LogP contribution is -2.54. The van der Waals surface area contributed by atoms with Gasteiger partial charge in [0, 0.05) is 0 Å². The maximum atomic E-state index is 9.44. The summed E-state index contributed by atoms with van der Waals surface area (Å²) < 4.78 is 7.49. The summed E-state index contributed by atoms with van der Waals surface area (Å²) in [4.78, 5) is 0. The number of aliphatic hydroxyl groups excluding tert-OH is 3. The first-order chi connectivity index (χ1) is 7.23. The second-order valence-electron chi connectivity index (χ2n) is 3.19. The quantitative estimate of drug-likeness (QED) is 0.304. The lowest BCUT2D eigenvalue weighted by Gasteiger charge is -2.35. The molecule has 1 rings (SSSR count). The summed E-state index contributed by atoms with van der Waals surface area (Å²) in [6.45, 7) is -0.254. The van der Waals surface area contributed by atoms with Gasteiger partial charge in [-0.15, -0.1) is 0 Å². The SMILES string of the molecule is N=C(O[C@@H]1OC[C@@H](O)[C@H](O)[C@H]1O)C(Cl)(Cl)Cl. The van der Waals surface area contributed by atoms with Crippen molar-refractivity contribution < 1.29 is 24.8 Å². The fraction of sp³-hybridized carbons (Fsp3) is 0.857. The van der Waals surface area contributed by atoms with Crippen LogP contribution in [0.15, 0.2) is 0 Å². The molecule has 9 heteroatoms. The summed E-state index contributed by atoms with van der Waals surface area (Å²) in [7, 11) is 0. The van der Waals surface area contributed by atoms with Crippen molar-refractivity contribution in [2.24, 2.45) is 0 Å². The van der Waals surface area contributed by atoms with E-state index in [4.69, 9.17) is 54.8 Å². The maximum Gasteiger partial charge on any atom is 0.265 e. The van der Waals surface area contributed by atoms with Crippen LogP contribution in [-0.2, 0) is 9.47 Å². The summed E-state index contributed by atoms with van der Waals surface area (Å²) >= 11 is 16.0. The number of nitrogens with one attached hydrogen (secondary N) is 1. The molecule has 94 valence electrons. The van der Waals surface area contributed by atoms with Gasteiger partial charge in [0.05, 0.1) is 6.61 Å². The number of hydrogen-bond acceptors (Lipinski definition) is 6. The first-order valence-corrected chi connectivity index (χ1v) is 5.35. The van der Waals surface area contributed by atoms with Crippen LogP contribution < -0.4 is 0 Å². The van der Waals surface area contributed by atoms with Crippen molar-refractivity contribution in [1.82, 2.24) is 0 Å². The predicted molar refractivity (Wildman–Crippen MR) is 56.9 cm³/mol. The van der Waals surface area contributed by atoms with Gasteiger partial charge in [-0.2, -0.15) is 0 Å². The Kier molecular flexibility index (Phi) is 4.65. The van der Waals surface area contributed by atoms with Gasteiger partial charge in [-0.3, -0.25) is 5.41 Å². The highest BCUT2D eigenvalue weighted by Crippen LogP contribution is 2.29. The molecule has 1 aliphatic rings. The molecule has 0 aliphatic carbocycles. The Bertz CT molecular complexity index is 271. The molecule has 0 amide bonds. The molecule has 4 N–H and O–H groups in total. The number of rotatable bonds is 1. The number of aliphatic hydroxyl groups is 3. The smallest absolute Gasteiger partial charge is 0.265 e. The van der Waals surface area contributed by atoms with Crippen molar-refractivity contribution in [3.8, 4) is 0 Å². The Morgan fingerprint density at radius 3 is 2.31 bits per heavy atom. The van der Waals surface area contributed by atoms with Gasteiger partial charge in [0.1, 0.15) is 18.3 Å². The van der Waals surface area contributed by atoms with Gasteiger partial charge in [0.25, 0.3) is 3.79 Å². The molecule has 0 aromatic carbocycles. The third-order valence-corrected chi connectivity index (χ3v) is 2.46. The molecule has 0 bridgehead atoms. The van der Waals surface area contributed by atoms with E-state index in [-0.39, 0.29) is 6.61 Å². The average Bonchev–Trinajstić information content (AvgIpc) is 2.17. The minimum Gasteiger partial charge on any atom is -0.445 e. The standard InChI is InChI=1S/C7H10Cl3NO5/c8-7(9,10)6(11)16-5-4(14)3(13)2(12)1-15-5/h2-5,11-14H,1H2/t2-,3+,4-,5+/m1/s1. The van der Waals surface area contributed by atoms with Crippen molar-refractivity contribution in [3.05, 3.63) is 0 Å². The van der Waals surface area contributed by atoms with Gasteiger partial charge < -0.3 is 24.8 Å². The van der Waals surface area contributed by atoms with Gasteiger partial charge in [0.2, 0.25) is 12.2 Å². The fourth-order valence-corrected chi connectivity index (χ4v) is 1.20. The van der Waals surface area contributed by atoms with E-state index < -0.39 is 34.3 Å². The zero-order chi connectivity index (χ0) is 12.5. The van der Waals surface area contributed by atoms with E-state index in [1.54, 1.807) is 0 Å². The summed E-state index contributed by atoms with van der Waals surface area (Å²) in [5.74, 6) is -0.745. The van der Waals surface area contributed by atoms with Crippen LogP contribution in [0.25, 0.3) is 0 Å². The van der Waals surface area contributed by atoms with Gasteiger partial charge in [-0.1, -0.05) is 34.8 Å². The van der Waals surface area contributed by atoms with Crippen molar-refractivity contribution in [2.45, 2.75) is 28.4 Å². The summed E-state index contributed by atoms with van der Waals surface area (Å²) in [6, 6.07) is 0. The molecule has 0 spiro atoms. The van der Waals surface area contributed by atoms with Gasteiger partial charge in [0.15, 0.2) is 0 Å². The first kappa shape index (κ1) is 14.2. The van der Waals surface area contributed by atoms with Crippen molar-refractivity contribution in [1.29, 1.82) is 5.41 Å². The van der Waals surface area contributed by atoms with Crippen LogP contribution in [0.3, 0.4) is 0 Å². The Balaban J connectivity index is 2.59. The Morgan fingerprint density at radius 1 is 1.25 bits per heavy atom. The van der Waals surface area contributed by atoms with Crippen molar-refractivity contribution in [3.63, 3.8) is 0 Å². The molecule has 16 heavy (non-hydrogen) atoms. The minimum atomic E-state index is -2.08. The number of alkyl halides is 3. The predicted octanol–water partition coefficient (Wildman–Crippen LogP) is -0.211. The highest BCUT2D eigenvalue weighted by Gasteiger charge is 2.41. The number of halogens is 3. The first-order valence-electron chi connectivity index (χ1n) is 4.21. The molecule has 6 nitrogen and oxygen atoms in total. The second-order valence-corrected chi connectivity index (χ2v) is 5.48. The summed E-state index contributed by atoms with van der Waals surface area (Å²) in [6.07, 6.45) is -5.56. The third-order valence-electron chi connectivity index (χ3n) is 1.95. The van der Waals surface area contributed by atoms with E-state index in [2.05, 4.69) is 0 Å². The van der Waals surface area contributed by atoms with Crippen LogP contribution in [0, 0.1) is 5.41 Å². The molecule has 1 aliphatic heterocycles. The van der Waals surface area contributed by atoms with E-state index >= 15 is 0 Å². The Morgan fingerprint density at radius 2 is 1.81 bits per heavy atom. The Hall–Kier alpha value is 0.180. The van der Waals surface area contributed by atoms with Gasteiger partial charge in [-0.05, 0) is 0 Å². The fourth-order valence-electron chi connectivity index (χ4n) is 1.07. The third kappa shape index (κ3) is 3.33. The summed E-state index contributed by atoms with van der Waals surface area (Å²) in [5, 5.41) is 35.1. The van der Waals surface area contributed by atoms with Crippen LogP contribution in [0.5, 0.6) is 0 Å². The molecular formula is C7H10Cl3NO5. The molecular weight excluding hydrogens is 284 g/mol. The molecule has 1 saturated heterocycles. The zero-order valence-corrected chi connectivity index (χ0v) is 10.1. The molecule has 1 fully saturated rings. The molecule has 0 aromatic heterocycles. The van der Waals surface area contributed by atoms with Crippen LogP contribution in [0.2, 0.25) is 0 Å². The molecule has 0 unspecified atom stereocenters. The van der Waals surface area contributed by atoms with Crippen LogP contribution in [0.1, 0.15) is 0 Å². The van der Waals surface area contributed by atoms with Crippen LogP contribution in [-0.4, -0.2) is 56.2 Å². The highest BCUT2D eigenvalue weighted by molar-refractivity contribution is 6.76. The monoisotopic (exact) mass is 293 g/mol. The van der Waals surface area contributed by atoms with E-state index in [0.29, 0.717) is 0 Å². The topological polar surface area (TPSA) is 103 Å². The van der Waals surface area contributed by atoms with Crippen LogP contribution in [0.4, 0.5) is 0 Å². The minimum absolute atomic E-state index is 0.254. The van der Waals surface area contributed by atoms with Gasteiger partial charge >= 0.3 is 0 Å². The largest absolute Gasteiger partial charge is 0.445 e. The van der Waals surface area contributed by atoms with Crippen LogP contribution >= 0.6 is 34.8 Å². The molecule has 0 aromatic rings. The van der Waals surface area contributed by atoms with Crippen molar-refractivity contribution >= 4 is 40.7 Å². The zero-order valence-electron chi connectivity index (χ0n) is 7.81. The van der Waals surface area contributed by atoms with E-state index in [1.807, 2.05) is 0 Å². The lowest BCUT2D eigenvalue weighted by molar-refractivity contribution is -0.246. The van der Waals surface area contributed by atoms with Gasteiger partial charge in [-0.25, -0.2) is 0 Å². The lowest BCUT2D eigenvalue weighted by atomic mass is 10.1. The average molecular weight is 295 g/mol. The number of hydrogen-bond donors (Lipinski definition) is 4. The molecule has 1 heterocycles. The normalized spacial score (nSPS) is 35.9. The molecule has 4 atom stereocenters. The number of ether oxygens (including phenoxy) is 2.